The summed E-state index contributed by atoms with van der Waals surface area (Å²) in [6.07, 6.45) is 2.88. The summed E-state index contributed by atoms with van der Waals surface area (Å²) < 4.78 is 36.5. The van der Waals surface area contributed by atoms with Gasteiger partial charge in [0.2, 0.25) is 5.91 Å². The van der Waals surface area contributed by atoms with Crippen LogP contribution in [-0.4, -0.2) is 26.1 Å². The van der Waals surface area contributed by atoms with Crippen molar-refractivity contribution in [3.8, 4) is 0 Å². The molecule has 0 N–H and O–H groups in total. The SMILES string of the molecule is CCC(CC)C(=O)N(c1ccc(F)cc1)[C@H]1C=CS(=O)(=O)C1. The molecule has 0 aliphatic carbocycles. The predicted molar refractivity (Wildman–Crippen MR) is 84.7 cm³/mol. The molecule has 2 rings (SSSR count). The number of hydrogen-bond acceptors (Lipinski definition) is 3. The van der Waals surface area contributed by atoms with E-state index in [4.69, 9.17) is 0 Å². The van der Waals surface area contributed by atoms with E-state index in [1.807, 2.05) is 13.8 Å². The maximum atomic E-state index is 13.1. The fourth-order valence-corrected chi connectivity index (χ4v) is 3.91. The van der Waals surface area contributed by atoms with Crippen LogP contribution in [0.4, 0.5) is 10.1 Å². The third-order valence-electron chi connectivity index (χ3n) is 3.92. The maximum Gasteiger partial charge on any atom is 0.230 e. The molecule has 0 radical (unpaired) electrons. The fraction of sp³-hybridized carbons (Fsp3) is 0.438. The molecule has 4 nitrogen and oxygen atoms in total. The second kappa shape index (κ2) is 6.60. The van der Waals surface area contributed by atoms with Crippen molar-refractivity contribution in [2.75, 3.05) is 10.7 Å². The van der Waals surface area contributed by atoms with Crippen LogP contribution in [0.3, 0.4) is 0 Å². The molecular formula is C16H20FNO3S. The summed E-state index contributed by atoms with van der Waals surface area (Å²) >= 11 is 0. The number of benzene rings is 1. The highest BCUT2D eigenvalue weighted by atomic mass is 32.2. The Labute approximate surface area is 130 Å². The number of nitrogens with zero attached hydrogens (tertiary/aromatic N) is 1. The largest absolute Gasteiger partial charge is 0.304 e. The van der Waals surface area contributed by atoms with Gasteiger partial charge in [0.15, 0.2) is 9.84 Å². The molecule has 0 saturated heterocycles. The minimum Gasteiger partial charge on any atom is -0.304 e. The van der Waals surface area contributed by atoms with Gasteiger partial charge in [-0.15, -0.1) is 0 Å². The van der Waals surface area contributed by atoms with Gasteiger partial charge < -0.3 is 4.90 Å². The zero-order valence-electron chi connectivity index (χ0n) is 12.7. The first-order valence-electron chi connectivity index (χ1n) is 7.37. The maximum absolute atomic E-state index is 13.1. The first-order valence-corrected chi connectivity index (χ1v) is 9.09. The van der Waals surface area contributed by atoms with Gasteiger partial charge in [-0.3, -0.25) is 4.79 Å². The van der Waals surface area contributed by atoms with E-state index in [1.165, 1.54) is 35.2 Å². The zero-order valence-corrected chi connectivity index (χ0v) is 13.5. The topological polar surface area (TPSA) is 54.5 Å². The van der Waals surface area contributed by atoms with Crippen LogP contribution in [0.1, 0.15) is 26.7 Å². The van der Waals surface area contributed by atoms with Crippen LogP contribution in [-0.2, 0) is 14.6 Å². The lowest BCUT2D eigenvalue weighted by Crippen LogP contribution is -2.44. The summed E-state index contributed by atoms with van der Waals surface area (Å²) in [5, 5.41) is 1.15. The predicted octanol–water partition coefficient (Wildman–Crippen LogP) is 2.91. The number of anilines is 1. The van der Waals surface area contributed by atoms with Crippen molar-refractivity contribution in [1.29, 1.82) is 0 Å². The summed E-state index contributed by atoms with van der Waals surface area (Å²) in [4.78, 5) is 14.3. The van der Waals surface area contributed by atoms with E-state index in [2.05, 4.69) is 0 Å². The van der Waals surface area contributed by atoms with Gasteiger partial charge in [0.1, 0.15) is 5.82 Å². The van der Waals surface area contributed by atoms with E-state index in [-0.39, 0.29) is 17.6 Å². The van der Waals surface area contributed by atoms with Gasteiger partial charge in [-0.2, -0.15) is 0 Å². The Kier molecular flexibility index (Phi) is 5.01. The van der Waals surface area contributed by atoms with Crippen molar-refractivity contribution >= 4 is 21.4 Å². The standard InChI is InChI=1S/C16H20FNO3S/c1-3-12(4-2)16(19)18(14-7-5-13(17)6-8-14)15-9-10-22(20,21)11-15/h5-10,12,15H,3-4,11H2,1-2H3/t15-/m0/s1. The smallest absolute Gasteiger partial charge is 0.230 e. The molecule has 0 unspecified atom stereocenters. The van der Waals surface area contributed by atoms with E-state index in [0.717, 1.165) is 5.41 Å². The molecule has 1 heterocycles. The Morgan fingerprint density at radius 2 is 1.86 bits per heavy atom. The van der Waals surface area contributed by atoms with Crippen molar-refractivity contribution < 1.29 is 17.6 Å². The van der Waals surface area contributed by atoms with Crippen LogP contribution in [0, 0.1) is 11.7 Å². The molecule has 1 aliphatic heterocycles. The van der Waals surface area contributed by atoms with E-state index in [1.54, 1.807) is 0 Å². The van der Waals surface area contributed by atoms with Crippen molar-refractivity contribution in [2.24, 2.45) is 5.92 Å². The Morgan fingerprint density at radius 1 is 1.27 bits per heavy atom. The van der Waals surface area contributed by atoms with E-state index in [0.29, 0.717) is 18.5 Å². The van der Waals surface area contributed by atoms with Gasteiger partial charge in [0, 0.05) is 17.0 Å². The Balaban J connectivity index is 2.39. The summed E-state index contributed by atoms with van der Waals surface area (Å²) in [7, 11) is -3.28. The molecule has 0 spiro atoms. The minimum absolute atomic E-state index is 0.122. The number of amides is 1. The average Bonchev–Trinajstić information content (AvgIpc) is 2.82. The number of sulfone groups is 1. The summed E-state index contributed by atoms with van der Waals surface area (Å²) in [6.45, 7) is 3.85. The molecule has 0 bridgehead atoms. The normalized spacial score (nSPS) is 19.5. The molecule has 6 heteroatoms. The number of rotatable bonds is 5. The first-order chi connectivity index (χ1) is 10.4. The minimum atomic E-state index is -3.28. The van der Waals surface area contributed by atoms with Crippen LogP contribution in [0.5, 0.6) is 0 Å². The molecule has 1 aromatic carbocycles. The molecule has 120 valence electrons. The molecule has 0 fully saturated rings. The number of hydrogen-bond donors (Lipinski definition) is 0. The highest BCUT2D eigenvalue weighted by Crippen LogP contribution is 2.26. The molecule has 0 aromatic heterocycles. The highest BCUT2D eigenvalue weighted by molar-refractivity contribution is 7.94. The van der Waals surface area contributed by atoms with E-state index >= 15 is 0 Å². The Morgan fingerprint density at radius 3 is 2.32 bits per heavy atom. The number of halogens is 1. The highest BCUT2D eigenvalue weighted by Gasteiger charge is 2.33. The van der Waals surface area contributed by atoms with Crippen LogP contribution in [0.25, 0.3) is 0 Å². The second-order valence-electron chi connectivity index (χ2n) is 5.42. The van der Waals surface area contributed by atoms with Crippen molar-refractivity contribution in [3.05, 3.63) is 41.6 Å². The molecule has 1 amide bonds. The van der Waals surface area contributed by atoms with Crippen molar-refractivity contribution in [2.45, 2.75) is 32.7 Å². The number of carbonyl (C=O) groups excluding carboxylic acids is 1. The monoisotopic (exact) mass is 325 g/mol. The molecule has 1 aliphatic rings. The van der Waals surface area contributed by atoms with Crippen molar-refractivity contribution in [3.63, 3.8) is 0 Å². The van der Waals surface area contributed by atoms with Gasteiger partial charge in [-0.1, -0.05) is 13.8 Å². The number of carbonyl (C=O) groups is 1. The molecule has 0 saturated carbocycles. The van der Waals surface area contributed by atoms with Gasteiger partial charge in [0.05, 0.1) is 11.8 Å². The average molecular weight is 325 g/mol. The lowest BCUT2D eigenvalue weighted by molar-refractivity contribution is -0.122. The van der Waals surface area contributed by atoms with Crippen LogP contribution in [0.15, 0.2) is 35.7 Å². The van der Waals surface area contributed by atoms with Gasteiger partial charge in [0.25, 0.3) is 0 Å². The molecular weight excluding hydrogens is 305 g/mol. The van der Waals surface area contributed by atoms with Crippen LogP contribution >= 0.6 is 0 Å². The van der Waals surface area contributed by atoms with Crippen molar-refractivity contribution in [1.82, 2.24) is 0 Å². The Bertz CT molecular complexity index is 663. The third-order valence-corrected chi connectivity index (χ3v) is 5.30. The fourth-order valence-electron chi connectivity index (χ4n) is 2.64. The molecule has 22 heavy (non-hydrogen) atoms. The third kappa shape index (κ3) is 3.55. The van der Waals surface area contributed by atoms with Crippen LogP contribution in [0.2, 0.25) is 0 Å². The van der Waals surface area contributed by atoms with E-state index in [9.17, 15) is 17.6 Å². The van der Waals surface area contributed by atoms with E-state index < -0.39 is 21.7 Å². The van der Waals surface area contributed by atoms with Gasteiger partial charge in [-0.05, 0) is 43.2 Å². The van der Waals surface area contributed by atoms with Gasteiger partial charge in [-0.25, -0.2) is 12.8 Å². The molecule has 1 atom stereocenters. The summed E-state index contributed by atoms with van der Waals surface area (Å²) in [5.41, 5.74) is 0.519. The van der Waals surface area contributed by atoms with Crippen LogP contribution < -0.4 is 4.90 Å². The summed E-state index contributed by atoms with van der Waals surface area (Å²) in [5.74, 6) is -0.825. The second-order valence-corrected chi connectivity index (χ2v) is 7.35. The molecule has 1 aromatic rings. The lowest BCUT2D eigenvalue weighted by Gasteiger charge is -2.30. The Hall–Kier alpha value is -1.69. The van der Waals surface area contributed by atoms with Gasteiger partial charge >= 0.3 is 0 Å². The lowest BCUT2D eigenvalue weighted by atomic mass is 10.00. The first kappa shape index (κ1) is 16.7. The zero-order chi connectivity index (χ0) is 16.3. The summed E-state index contributed by atoms with van der Waals surface area (Å²) in [6, 6.07) is 5.03. The quantitative estimate of drug-likeness (QED) is 0.836.